The molecule has 1 saturated heterocycles. The Morgan fingerprint density at radius 2 is 1.89 bits per heavy atom. The van der Waals surface area contributed by atoms with Gasteiger partial charge in [-0.2, -0.15) is 0 Å². The predicted molar refractivity (Wildman–Crippen MR) is 143 cm³/mol. The maximum atomic E-state index is 8.34. The highest BCUT2D eigenvalue weighted by Gasteiger charge is 2.26. The van der Waals surface area contributed by atoms with Crippen LogP contribution in [0.25, 0.3) is 11.2 Å². The van der Waals surface area contributed by atoms with Crippen LogP contribution < -0.4 is 15.0 Å². The number of aromatic nitrogens is 4. The molecule has 3 aromatic rings. The van der Waals surface area contributed by atoms with E-state index < -0.39 is 0 Å². The van der Waals surface area contributed by atoms with Gasteiger partial charge in [-0.15, -0.1) is 0 Å². The van der Waals surface area contributed by atoms with Gasteiger partial charge in [-0.1, -0.05) is 37.4 Å². The summed E-state index contributed by atoms with van der Waals surface area (Å²) in [6, 6.07) is 4.51. The molecule has 36 heavy (non-hydrogen) atoms. The van der Waals surface area contributed by atoms with Crippen LogP contribution in [0.4, 0.5) is 0 Å². The van der Waals surface area contributed by atoms with E-state index >= 15 is 0 Å². The molecule has 0 bridgehead atoms. The first-order chi connectivity index (χ1) is 17.6. The van der Waals surface area contributed by atoms with Gasteiger partial charge in [0.2, 0.25) is 6.79 Å². The van der Waals surface area contributed by atoms with Crippen molar-refractivity contribution in [3.05, 3.63) is 28.4 Å². The molecule has 1 atom stereocenters. The number of imidazole rings is 1. The van der Waals surface area contributed by atoms with Crippen molar-refractivity contribution < 1.29 is 9.47 Å². The number of aromatic amines is 1. The summed E-state index contributed by atoms with van der Waals surface area (Å²) in [7, 11) is 0. The minimum Gasteiger partial charge on any atom is -0.454 e. The van der Waals surface area contributed by atoms with Crippen LogP contribution in [0.2, 0.25) is 0 Å². The maximum Gasteiger partial charge on any atom is 0.231 e. The third-order valence-corrected chi connectivity index (χ3v) is 9.66. The molecular weight excluding hydrogens is 540 g/mol. The van der Waals surface area contributed by atoms with Crippen LogP contribution in [0.15, 0.2) is 33.0 Å². The number of piperidine rings is 1. The molecule has 6 rings (SSSR count). The largest absolute Gasteiger partial charge is 0.454 e. The number of benzene rings is 1. The van der Waals surface area contributed by atoms with E-state index in [4.69, 9.17) is 19.9 Å². The van der Waals surface area contributed by atoms with Crippen LogP contribution in [-0.2, 0) is 6.54 Å². The van der Waals surface area contributed by atoms with Crippen molar-refractivity contribution in [1.82, 2.24) is 24.4 Å². The molecule has 2 N–H and O–H groups in total. The molecule has 4 heterocycles. The fourth-order valence-corrected chi connectivity index (χ4v) is 7.25. The number of rotatable bonds is 7. The molecule has 1 saturated carbocycles. The van der Waals surface area contributed by atoms with Crippen LogP contribution in [0.1, 0.15) is 57.8 Å². The molecule has 0 amide bonds. The molecule has 0 radical (unpaired) electrons. The normalized spacial score (nSPS) is 20.9. The van der Waals surface area contributed by atoms with E-state index in [1.54, 1.807) is 6.33 Å². The summed E-state index contributed by atoms with van der Waals surface area (Å²) in [5.41, 5.74) is 1.70. The zero-order chi connectivity index (χ0) is 24.5. The van der Waals surface area contributed by atoms with Gasteiger partial charge < -0.3 is 23.9 Å². The van der Waals surface area contributed by atoms with Crippen LogP contribution in [0.3, 0.4) is 0 Å². The summed E-state index contributed by atoms with van der Waals surface area (Å²) < 4.78 is 14.0. The number of hydrogen-bond acceptors (Lipinski definition) is 7. The lowest BCUT2D eigenvalue weighted by Gasteiger charge is -2.39. The highest BCUT2D eigenvalue weighted by molar-refractivity contribution is 9.10. The molecule has 8 nitrogen and oxygen atoms in total. The van der Waals surface area contributed by atoms with E-state index in [1.807, 2.05) is 12.1 Å². The van der Waals surface area contributed by atoms with Crippen LogP contribution in [0.5, 0.6) is 11.5 Å². The number of nitrogens with zero attached hydrogens (tertiary/aromatic N) is 4. The number of hydrogen-bond donors (Lipinski definition) is 2. The van der Waals surface area contributed by atoms with E-state index in [-0.39, 0.29) is 12.3 Å². The summed E-state index contributed by atoms with van der Waals surface area (Å²) in [6.45, 7) is 3.60. The lowest BCUT2D eigenvalue weighted by Crippen LogP contribution is -2.43. The molecule has 1 aromatic carbocycles. The second-order valence-electron chi connectivity index (χ2n) is 10.2. The average molecular weight is 574 g/mol. The van der Waals surface area contributed by atoms with E-state index in [0.29, 0.717) is 11.6 Å². The predicted octanol–water partition coefficient (Wildman–Crippen LogP) is 5.71. The van der Waals surface area contributed by atoms with Gasteiger partial charge in [0.15, 0.2) is 27.8 Å². The summed E-state index contributed by atoms with van der Waals surface area (Å²) in [4.78, 5) is 16.3. The summed E-state index contributed by atoms with van der Waals surface area (Å²) >= 11 is 5.14. The Morgan fingerprint density at radius 3 is 2.75 bits per heavy atom. The van der Waals surface area contributed by atoms with Crippen molar-refractivity contribution in [2.75, 3.05) is 19.9 Å². The van der Waals surface area contributed by atoms with Crippen LogP contribution >= 0.6 is 27.7 Å². The minimum atomic E-state index is 0.224. The molecule has 2 fully saturated rings. The first-order valence-corrected chi connectivity index (χ1v) is 14.8. The van der Waals surface area contributed by atoms with Crippen LogP contribution in [0, 0.1) is 11.3 Å². The Hall–Kier alpha value is -2.04. The molecule has 10 heteroatoms. The summed E-state index contributed by atoms with van der Waals surface area (Å²) in [6.07, 6.45) is 13.8. The minimum absolute atomic E-state index is 0.224. The summed E-state index contributed by atoms with van der Waals surface area (Å²) in [5.74, 6) is 2.36. The lowest BCUT2D eigenvalue weighted by atomic mass is 9.87. The molecule has 3 aliphatic rings. The molecule has 1 unspecified atom stereocenters. The van der Waals surface area contributed by atoms with Gasteiger partial charge in [-0.3, -0.25) is 5.41 Å². The van der Waals surface area contributed by atoms with E-state index in [9.17, 15) is 0 Å². The number of nitrogens with one attached hydrogen (secondary N) is 2. The Kier molecular flexibility index (Phi) is 7.26. The van der Waals surface area contributed by atoms with Gasteiger partial charge >= 0.3 is 0 Å². The summed E-state index contributed by atoms with van der Waals surface area (Å²) in [5, 5.41) is 9.07. The van der Waals surface area contributed by atoms with Gasteiger partial charge in [-0.05, 0) is 72.6 Å². The molecule has 192 valence electrons. The molecular formula is C26H33BrN6O2S. The van der Waals surface area contributed by atoms with Crippen molar-refractivity contribution in [2.45, 2.75) is 80.4 Å². The number of aryl methyl sites for hydroxylation is 1. The smallest absolute Gasteiger partial charge is 0.231 e. The Morgan fingerprint density at radius 1 is 1.08 bits per heavy atom. The second-order valence-corrected chi connectivity index (χ2v) is 12.1. The van der Waals surface area contributed by atoms with Crippen molar-refractivity contribution in [3.8, 4) is 11.5 Å². The van der Waals surface area contributed by atoms with Gasteiger partial charge in [0, 0.05) is 28.5 Å². The fraction of sp³-hybridized carbons (Fsp3) is 0.577. The fourth-order valence-electron chi connectivity index (χ4n) is 5.87. The topological polar surface area (TPSA) is 92.1 Å². The SMILES string of the molecule is N=c1ncn(CCC2CCCCN2CC2CCCCC2)c2nc(Sc3cc4c(cc3Br)OCO4)[nH]c12. The third kappa shape index (κ3) is 5.17. The monoisotopic (exact) mass is 572 g/mol. The number of ether oxygens (including phenoxy) is 2. The van der Waals surface area contributed by atoms with Gasteiger partial charge in [0.05, 0.1) is 6.33 Å². The van der Waals surface area contributed by atoms with E-state index in [2.05, 4.69) is 35.4 Å². The van der Waals surface area contributed by atoms with Crippen molar-refractivity contribution >= 4 is 38.9 Å². The Balaban J connectivity index is 1.18. The molecule has 2 aliphatic heterocycles. The van der Waals surface area contributed by atoms with E-state index in [1.165, 1.54) is 76.2 Å². The zero-order valence-electron chi connectivity index (χ0n) is 20.5. The van der Waals surface area contributed by atoms with E-state index in [0.717, 1.165) is 50.6 Å². The first-order valence-electron chi connectivity index (χ1n) is 13.1. The highest BCUT2D eigenvalue weighted by atomic mass is 79.9. The number of H-pyrrole nitrogens is 1. The van der Waals surface area contributed by atoms with Gasteiger partial charge in [0.1, 0.15) is 5.52 Å². The van der Waals surface area contributed by atoms with Crippen molar-refractivity contribution in [3.63, 3.8) is 0 Å². The van der Waals surface area contributed by atoms with Crippen molar-refractivity contribution in [1.29, 1.82) is 5.41 Å². The quantitative estimate of drug-likeness (QED) is 0.377. The average Bonchev–Trinajstić information content (AvgIpc) is 3.53. The molecule has 2 aromatic heterocycles. The lowest BCUT2D eigenvalue weighted by molar-refractivity contribution is 0.104. The van der Waals surface area contributed by atoms with Gasteiger partial charge in [-0.25, -0.2) is 9.97 Å². The molecule has 1 aliphatic carbocycles. The second kappa shape index (κ2) is 10.8. The standard InChI is InChI=1S/C26H33BrN6O2S/c27-19-12-20-21(35-16-34-20)13-22(19)36-26-30-23-24(28)29-15-33(25(23)31-26)11-9-18-8-4-5-10-32(18)14-17-6-2-1-3-7-17/h12-13,15,17-18,28H,1-11,14,16H2,(H,30,31). The highest BCUT2D eigenvalue weighted by Crippen LogP contribution is 2.42. The number of likely N-dealkylation sites (tertiary alicyclic amines) is 1. The third-order valence-electron chi connectivity index (χ3n) is 7.80. The Bertz CT molecular complexity index is 1290. The Labute approximate surface area is 223 Å². The number of halogens is 1. The maximum absolute atomic E-state index is 8.34. The first kappa shape index (κ1) is 24.3. The van der Waals surface area contributed by atoms with Crippen molar-refractivity contribution in [2.24, 2.45) is 5.92 Å². The number of fused-ring (bicyclic) bond motifs is 2. The zero-order valence-corrected chi connectivity index (χ0v) is 22.9. The van der Waals surface area contributed by atoms with Gasteiger partial charge in [0.25, 0.3) is 0 Å². The molecule has 0 spiro atoms. The van der Waals surface area contributed by atoms with Crippen LogP contribution in [-0.4, -0.2) is 50.3 Å².